The molecule has 0 bridgehead atoms. The molecule has 0 saturated carbocycles. The molecule has 6 nitrogen and oxygen atoms in total. The largest absolute Gasteiger partial charge is 0.507 e. The number of hydrogen-bond acceptors (Lipinski definition) is 6. The second-order valence-corrected chi connectivity index (χ2v) is 10.4. The Kier molecular flexibility index (Phi) is 6.56. The number of aromatic nitrogens is 1. The molecular weight excluding hydrogens is 484 g/mol. The van der Waals surface area contributed by atoms with Gasteiger partial charge in [0.15, 0.2) is 5.13 Å². The quantitative estimate of drug-likeness (QED) is 0.178. The third kappa shape index (κ3) is 4.51. The van der Waals surface area contributed by atoms with Gasteiger partial charge in [0.05, 0.1) is 28.4 Å². The molecule has 1 saturated heterocycles. The maximum atomic E-state index is 13.5. The van der Waals surface area contributed by atoms with Gasteiger partial charge in [-0.1, -0.05) is 54.2 Å². The lowest BCUT2D eigenvalue weighted by Gasteiger charge is -2.23. The molecule has 0 radical (unpaired) electrons. The maximum Gasteiger partial charge on any atom is 0.301 e. The topological polar surface area (TPSA) is 79.7 Å². The number of Topliss-reactive ketones (excluding diaryl/α,β-unsaturated/α-hetero) is 1. The number of amides is 1. The molecule has 1 atom stereocenters. The number of ether oxygens (including phenoxy) is 1. The van der Waals surface area contributed by atoms with Gasteiger partial charge in [0.1, 0.15) is 11.5 Å². The van der Waals surface area contributed by atoms with Crippen LogP contribution in [0.5, 0.6) is 5.75 Å². The molecule has 37 heavy (non-hydrogen) atoms. The Hall–Kier alpha value is -3.97. The van der Waals surface area contributed by atoms with Gasteiger partial charge in [-0.3, -0.25) is 14.5 Å². The van der Waals surface area contributed by atoms with E-state index in [1.54, 1.807) is 0 Å². The molecule has 0 spiro atoms. The highest BCUT2D eigenvalue weighted by molar-refractivity contribution is 7.22. The van der Waals surface area contributed by atoms with Gasteiger partial charge < -0.3 is 9.84 Å². The molecule has 1 amide bonds. The average Bonchev–Trinajstić information content (AvgIpc) is 3.41. The Morgan fingerprint density at radius 1 is 1.00 bits per heavy atom. The van der Waals surface area contributed by atoms with E-state index in [0.29, 0.717) is 28.6 Å². The third-order valence-electron chi connectivity index (χ3n) is 6.50. The summed E-state index contributed by atoms with van der Waals surface area (Å²) in [7, 11) is 0. The highest BCUT2D eigenvalue weighted by atomic mass is 32.1. The van der Waals surface area contributed by atoms with Crippen LogP contribution in [0.2, 0.25) is 0 Å². The number of thiazole rings is 1. The van der Waals surface area contributed by atoms with Crippen LogP contribution in [0.15, 0.2) is 66.2 Å². The SMILES string of the molecule is CCCOc1ccc(C2/C(=C(\O)c3cc(C)ccc3C)C(=O)C(=O)N2c2nc3ccc(C)cc3s2)cc1. The molecule has 1 aliphatic heterocycles. The molecule has 4 aromatic rings. The Morgan fingerprint density at radius 2 is 1.70 bits per heavy atom. The molecule has 0 aliphatic carbocycles. The van der Waals surface area contributed by atoms with E-state index < -0.39 is 17.7 Å². The molecule has 1 aromatic heterocycles. The monoisotopic (exact) mass is 512 g/mol. The Balaban J connectivity index is 1.70. The van der Waals surface area contributed by atoms with Crippen molar-refractivity contribution in [1.82, 2.24) is 4.98 Å². The first kappa shape index (κ1) is 24.7. The number of anilines is 1. The van der Waals surface area contributed by atoms with E-state index in [0.717, 1.165) is 33.3 Å². The van der Waals surface area contributed by atoms with Gasteiger partial charge in [-0.2, -0.15) is 0 Å². The van der Waals surface area contributed by atoms with Crippen LogP contribution in [-0.2, 0) is 9.59 Å². The minimum Gasteiger partial charge on any atom is -0.507 e. The van der Waals surface area contributed by atoms with Gasteiger partial charge in [0.25, 0.3) is 5.78 Å². The summed E-state index contributed by atoms with van der Waals surface area (Å²) in [5.74, 6) is -0.924. The molecule has 188 valence electrons. The van der Waals surface area contributed by atoms with E-state index in [4.69, 9.17) is 9.72 Å². The number of ketones is 1. The zero-order valence-corrected chi connectivity index (χ0v) is 22.1. The van der Waals surface area contributed by atoms with Crippen LogP contribution in [0.3, 0.4) is 0 Å². The van der Waals surface area contributed by atoms with Gasteiger partial charge in [0, 0.05) is 5.56 Å². The van der Waals surface area contributed by atoms with Crippen molar-refractivity contribution in [3.63, 3.8) is 0 Å². The number of carbonyl (C=O) groups excluding carboxylic acids is 2. The molecular formula is C30H28N2O4S. The second kappa shape index (κ2) is 9.82. The van der Waals surface area contributed by atoms with E-state index >= 15 is 0 Å². The van der Waals surface area contributed by atoms with Gasteiger partial charge in [-0.15, -0.1) is 0 Å². The fraction of sp³-hybridized carbons (Fsp3) is 0.233. The third-order valence-corrected chi connectivity index (χ3v) is 7.52. The van der Waals surface area contributed by atoms with E-state index in [2.05, 4.69) is 0 Å². The Labute approximate surface area is 219 Å². The number of aliphatic hydroxyl groups excluding tert-OH is 1. The summed E-state index contributed by atoms with van der Waals surface area (Å²) in [5, 5.41) is 11.9. The highest BCUT2D eigenvalue weighted by Gasteiger charge is 2.48. The van der Waals surface area contributed by atoms with E-state index in [1.807, 2.05) is 88.4 Å². The second-order valence-electron chi connectivity index (χ2n) is 9.37. The van der Waals surface area contributed by atoms with Crippen molar-refractivity contribution in [3.8, 4) is 5.75 Å². The fourth-order valence-corrected chi connectivity index (χ4v) is 5.66. The predicted molar refractivity (Wildman–Crippen MR) is 147 cm³/mol. The number of benzene rings is 3. The number of rotatable bonds is 6. The van der Waals surface area contributed by atoms with Crippen molar-refractivity contribution in [2.75, 3.05) is 11.5 Å². The summed E-state index contributed by atoms with van der Waals surface area (Å²) in [4.78, 5) is 33.1. The number of fused-ring (bicyclic) bond motifs is 1. The minimum absolute atomic E-state index is 0.0522. The minimum atomic E-state index is -0.832. The van der Waals surface area contributed by atoms with Crippen LogP contribution in [0.4, 0.5) is 5.13 Å². The first-order valence-corrected chi connectivity index (χ1v) is 13.1. The number of nitrogens with zero attached hydrogens (tertiary/aromatic N) is 2. The summed E-state index contributed by atoms with van der Waals surface area (Å²) in [6.07, 6.45) is 0.884. The van der Waals surface area contributed by atoms with Crippen LogP contribution in [0.25, 0.3) is 16.0 Å². The van der Waals surface area contributed by atoms with Crippen LogP contribution >= 0.6 is 11.3 Å². The van der Waals surface area contributed by atoms with Crippen molar-refractivity contribution in [2.45, 2.75) is 40.2 Å². The zero-order valence-electron chi connectivity index (χ0n) is 21.2. The van der Waals surface area contributed by atoms with Crippen LogP contribution in [0.1, 0.15) is 47.2 Å². The van der Waals surface area contributed by atoms with Crippen LogP contribution in [-0.4, -0.2) is 28.4 Å². The Bertz CT molecular complexity index is 1550. The standard InChI is InChI=1S/C30H28N2O4S/c1-5-14-36-21-11-9-20(10-12-21)26-25(27(33)22-15-17(2)6-8-19(22)4)28(34)29(35)32(26)30-31-23-13-7-18(3)16-24(23)37-30/h6-13,15-16,26,33H,5,14H2,1-4H3/b27-25+. The van der Waals surface area contributed by atoms with Crippen molar-refractivity contribution >= 4 is 44.1 Å². The summed E-state index contributed by atoms with van der Waals surface area (Å²) >= 11 is 1.36. The smallest absolute Gasteiger partial charge is 0.301 e. The van der Waals surface area contributed by atoms with Gasteiger partial charge >= 0.3 is 5.91 Å². The lowest BCUT2D eigenvalue weighted by molar-refractivity contribution is -0.132. The normalized spacial score (nSPS) is 17.1. The van der Waals surface area contributed by atoms with Crippen molar-refractivity contribution in [3.05, 3.63) is 94.1 Å². The molecule has 1 N–H and O–H groups in total. The average molecular weight is 513 g/mol. The van der Waals surface area contributed by atoms with Gasteiger partial charge in [0.2, 0.25) is 0 Å². The van der Waals surface area contributed by atoms with Crippen molar-refractivity contribution < 1.29 is 19.4 Å². The maximum absolute atomic E-state index is 13.5. The summed E-state index contributed by atoms with van der Waals surface area (Å²) in [6, 6.07) is 18.0. The molecule has 3 aromatic carbocycles. The van der Waals surface area contributed by atoms with Crippen LogP contribution < -0.4 is 9.64 Å². The molecule has 1 fully saturated rings. The number of hydrogen-bond donors (Lipinski definition) is 1. The predicted octanol–water partition coefficient (Wildman–Crippen LogP) is 6.64. The lowest BCUT2D eigenvalue weighted by Crippen LogP contribution is -2.29. The summed E-state index contributed by atoms with van der Waals surface area (Å²) in [6.45, 7) is 8.42. The molecule has 2 heterocycles. The number of carbonyl (C=O) groups is 2. The Morgan fingerprint density at radius 3 is 2.43 bits per heavy atom. The van der Waals surface area contributed by atoms with Crippen molar-refractivity contribution in [1.29, 1.82) is 0 Å². The summed E-state index contributed by atoms with van der Waals surface area (Å²) < 4.78 is 6.66. The molecule has 1 aliphatic rings. The van der Waals surface area contributed by atoms with Gasteiger partial charge in [-0.05, 0) is 74.2 Å². The number of aliphatic hydroxyl groups is 1. The lowest BCUT2D eigenvalue weighted by atomic mass is 9.93. The number of aryl methyl sites for hydroxylation is 3. The molecule has 1 unspecified atom stereocenters. The van der Waals surface area contributed by atoms with E-state index in [9.17, 15) is 14.7 Å². The molecule has 7 heteroatoms. The zero-order chi connectivity index (χ0) is 26.3. The van der Waals surface area contributed by atoms with Gasteiger partial charge in [-0.25, -0.2) is 4.98 Å². The first-order valence-electron chi connectivity index (χ1n) is 12.3. The molecule has 5 rings (SSSR count). The fourth-order valence-electron chi connectivity index (χ4n) is 4.57. The first-order chi connectivity index (χ1) is 17.8. The van der Waals surface area contributed by atoms with E-state index in [-0.39, 0.29) is 11.3 Å². The summed E-state index contributed by atoms with van der Waals surface area (Å²) in [5.41, 5.74) is 4.86. The highest BCUT2D eigenvalue weighted by Crippen LogP contribution is 2.45. The van der Waals surface area contributed by atoms with Crippen molar-refractivity contribution in [2.24, 2.45) is 0 Å². The van der Waals surface area contributed by atoms with Crippen LogP contribution in [0, 0.1) is 20.8 Å². The van der Waals surface area contributed by atoms with E-state index in [1.165, 1.54) is 16.2 Å².